The van der Waals surface area contributed by atoms with Gasteiger partial charge in [-0.2, -0.15) is 0 Å². The van der Waals surface area contributed by atoms with Crippen LogP contribution >= 0.6 is 0 Å². The molecule has 1 heterocycles. The summed E-state index contributed by atoms with van der Waals surface area (Å²) in [4.78, 5) is 2.21. The third-order valence-electron chi connectivity index (χ3n) is 4.15. The second kappa shape index (κ2) is 5.33. The molecule has 1 fully saturated rings. The van der Waals surface area contributed by atoms with Crippen LogP contribution in [0.4, 0.5) is 8.78 Å². The Labute approximate surface area is 107 Å². The van der Waals surface area contributed by atoms with Crippen LogP contribution in [0.25, 0.3) is 0 Å². The Morgan fingerprint density at radius 1 is 1.33 bits per heavy atom. The maximum atomic E-state index is 13.6. The molecular weight excluding hydrogens is 234 g/mol. The fraction of sp³-hybridized carbons (Fsp3) is 0.571. The van der Waals surface area contributed by atoms with Gasteiger partial charge < -0.3 is 5.73 Å². The van der Waals surface area contributed by atoms with Crippen molar-refractivity contribution in [1.82, 2.24) is 4.90 Å². The van der Waals surface area contributed by atoms with E-state index in [1.165, 1.54) is 12.1 Å². The molecule has 18 heavy (non-hydrogen) atoms. The van der Waals surface area contributed by atoms with Crippen molar-refractivity contribution in [2.24, 2.45) is 11.7 Å². The number of rotatable bonds is 2. The molecule has 2 rings (SSSR count). The summed E-state index contributed by atoms with van der Waals surface area (Å²) in [7, 11) is 0. The van der Waals surface area contributed by atoms with E-state index < -0.39 is 11.6 Å². The van der Waals surface area contributed by atoms with Gasteiger partial charge >= 0.3 is 0 Å². The minimum absolute atomic E-state index is 0.217. The highest BCUT2D eigenvalue weighted by molar-refractivity contribution is 5.18. The molecule has 0 aliphatic carbocycles. The molecule has 2 nitrogen and oxygen atoms in total. The van der Waals surface area contributed by atoms with Gasteiger partial charge in [-0.25, -0.2) is 8.78 Å². The summed E-state index contributed by atoms with van der Waals surface area (Å²) in [6.07, 6.45) is 0.925. The van der Waals surface area contributed by atoms with Crippen LogP contribution in [0.5, 0.6) is 0 Å². The second-order valence-electron chi connectivity index (χ2n) is 5.26. The Morgan fingerprint density at radius 3 is 2.72 bits per heavy atom. The number of piperidine rings is 1. The van der Waals surface area contributed by atoms with Gasteiger partial charge in [0.2, 0.25) is 0 Å². The van der Waals surface area contributed by atoms with Crippen LogP contribution in [-0.4, -0.2) is 23.5 Å². The lowest BCUT2D eigenvalue weighted by molar-refractivity contribution is 0.0899. The van der Waals surface area contributed by atoms with Crippen molar-refractivity contribution in [3.63, 3.8) is 0 Å². The molecule has 3 atom stereocenters. The maximum absolute atomic E-state index is 13.6. The van der Waals surface area contributed by atoms with Crippen molar-refractivity contribution in [3.8, 4) is 0 Å². The number of likely N-dealkylation sites (tertiary alicyclic amines) is 1. The predicted molar refractivity (Wildman–Crippen MR) is 68.0 cm³/mol. The quantitative estimate of drug-likeness (QED) is 0.878. The normalized spacial score (nSPS) is 29.5. The first kappa shape index (κ1) is 13.4. The fourth-order valence-corrected chi connectivity index (χ4v) is 2.56. The molecule has 3 unspecified atom stereocenters. The number of nitrogens with two attached hydrogens (primary N) is 1. The van der Waals surface area contributed by atoms with Crippen LogP contribution < -0.4 is 5.73 Å². The summed E-state index contributed by atoms with van der Waals surface area (Å²) in [5.74, 6) is -0.606. The van der Waals surface area contributed by atoms with E-state index in [4.69, 9.17) is 5.73 Å². The van der Waals surface area contributed by atoms with E-state index in [0.29, 0.717) is 24.1 Å². The maximum Gasteiger partial charge on any atom is 0.130 e. The molecule has 1 aromatic rings. The molecule has 2 N–H and O–H groups in total. The molecule has 0 aromatic heterocycles. The minimum atomic E-state index is -0.529. The van der Waals surface area contributed by atoms with Gasteiger partial charge in [0.1, 0.15) is 11.6 Å². The SMILES string of the molecule is CC1C(N)CCN(Cc2ccc(F)cc2F)C1C. The van der Waals surface area contributed by atoms with E-state index in [9.17, 15) is 8.78 Å². The zero-order valence-electron chi connectivity index (χ0n) is 10.9. The van der Waals surface area contributed by atoms with E-state index in [2.05, 4.69) is 18.7 Å². The number of hydrogen-bond donors (Lipinski definition) is 1. The molecule has 4 heteroatoms. The van der Waals surface area contributed by atoms with Crippen LogP contribution in [0.15, 0.2) is 18.2 Å². The summed E-state index contributed by atoms with van der Waals surface area (Å²) in [5.41, 5.74) is 6.57. The van der Waals surface area contributed by atoms with Crippen LogP contribution in [-0.2, 0) is 6.54 Å². The van der Waals surface area contributed by atoms with E-state index in [0.717, 1.165) is 19.0 Å². The number of benzene rings is 1. The zero-order valence-corrected chi connectivity index (χ0v) is 10.9. The Bertz CT molecular complexity index is 422. The summed E-state index contributed by atoms with van der Waals surface area (Å²) < 4.78 is 26.5. The molecule has 1 saturated heterocycles. The minimum Gasteiger partial charge on any atom is -0.327 e. The molecule has 0 radical (unpaired) electrons. The van der Waals surface area contributed by atoms with Gasteiger partial charge in [0, 0.05) is 36.8 Å². The molecule has 1 aromatic carbocycles. The summed E-state index contributed by atoms with van der Waals surface area (Å²) in [6.45, 7) is 5.63. The average Bonchev–Trinajstić information content (AvgIpc) is 2.33. The third-order valence-corrected chi connectivity index (χ3v) is 4.15. The highest BCUT2D eigenvalue weighted by Gasteiger charge is 2.30. The molecule has 1 aliphatic heterocycles. The largest absolute Gasteiger partial charge is 0.327 e. The number of hydrogen-bond acceptors (Lipinski definition) is 2. The lowest BCUT2D eigenvalue weighted by Gasteiger charge is -2.41. The van der Waals surface area contributed by atoms with Gasteiger partial charge in [0.15, 0.2) is 0 Å². The van der Waals surface area contributed by atoms with Crippen molar-refractivity contribution in [1.29, 1.82) is 0 Å². The van der Waals surface area contributed by atoms with E-state index in [-0.39, 0.29) is 6.04 Å². The smallest absolute Gasteiger partial charge is 0.130 e. The Kier molecular flexibility index (Phi) is 3.97. The van der Waals surface area contributed by atoms with Crippen molar-refractivity contribution >= 4 is 0 Å². The van der Waals surface area contributed by atoms with Gasteiger partial charge in [-0.05, 0) is 25.3 Å². The van der Waals surface area contributed by atoms with Gasteiger partial charge in [-0.15, -0.1) is 0 Å². The number of halogens is 2. The van der Waals surface area contributed by atoms with Crippen molar-refractivity contribution < 1.29 is 8.78 Å². The lowest BCUT2D eigenvalue weighted by Crippen LogP contribution is -2.51. The molecule has 0 bridgehead atoms. The standard InChI is InChI=1S/C14H20F2N2/c1-9-10(2)18(6-5-14(9)17)8-11-3-4-12(15)7-13(11)16/h3-4,7,9-10,14H,5-6,8,17H2,1-2H3. The molecular formula is C14H20F2N2. The van der Waals surface area contributed by atoms with Crippen LogP contribution in [0.3, 0.4) is 0 Å². The lowest BCUT2D eigenvalue weighted by atomic mass is 9.87. The zero-order chi connectivity index (χ0) is 13.3. The van der Waals surface area contributed by atoms with E-state index in [1.54, 1.807) is 0 Å². The van der Waals surface area contributed by atoms with Crippen LogP contribution in [0, 0.1) is 17.6 Å². The van der Waals surface area contributed by atoms with Crippen LogP contribution in [0.2, 0.25) is 0 Å². The van der Waals surface area contributed by atoms with Gasteiger partial charge in [0.25, 0.3) is 0 Å². The van der Waals surface area contributed by atoms with Gasteiger partial charge in [-0.3, -0.25) is 4.90 Å². The molecule has 1 aliphatic rings. The van der Waals surface area contributed by atoms with E-state index >= 15 is 0 Å². The first-order valence-corrected chi connectivity index (χ1v) is 6.42. The average molecular weight is 254 g/mol. The molecule has 0 saturated carbocycles. The predicted octanol–water partition coefficient (Wildman–Crippen LogP) is 2.52. The van der Waals surface area contributed by atoms with E-state index in [1.807, 2.05) is 0 Å². The molecule has 0 spiro atoms. The van der Waals surface area contributed by atoms with Crippen LogP contribution in [0.1, 0.15) is 25.8 Å². The Morgan fingerprint density at radius 2 is 2.06 bits per heavy atom. The highest BCUT2D eigenvalue weighted by Crippen LogP contribution is 2.24. The second-order valence-corrected chi connectivity index (χ2v) is 5.26. The third kappa shape index (κ3) is 2.70. The van der Waals surface area contributed by atoms with Crippen molar-refractivity contribution in [3.05, 3.63) is 35.4 Å². The summed E-state index contributed by atoms with van der Waals surface area (Å²) in [5, 5.41) is 0. The Balaban J connectivity index is 2.09. The van der Waals surface area contributed by atoms with Gasteiger partial charge in [0.05, 0.1) is 0 Å². The van der Waals surface area contributed by atoms with Gasteiger partial charge in [-0.1, -0.05) is 13.0 Å². The summed E-state index contributed by atoms with van der Waals surface area (Å²) >= 11 is 0. The molecule has 0 amide bonds. The summed E-state index contributed by atoms with van der Waals surface area (Å²) in [6, 6.07) is 4.31. The topological polar surface area (TPSA) is 29.3 Å². The number of nitrogens with zero attached hydrogens (tertiary/aromatic N) is 1. The Hall–Kier alpha value is -1.00. The fourth-order valence-electron chi connectivity index (χ4n) is 2.56. The first-order valence-electron chi connectivity index (χ1n) is 6.42. The van der Waals surface area contributed by atoms with Crippen molar-refractivity contribution in [2.45, 2.75) is 38.9 Å². The highest BCUT2D eigenvalue weighted by atomic mass is 19.1. The first-order chi connectivity index (χ1) is 8.49. The monoisotopic (exact) mass is 254 g/mol. The van der Waals surface area contributed by atoms with Crippen molar-refractivity contribution in [2.75, 3.05) is 6.54 Å². The molecule has 100 valence electrons.